The fourth-order valence-electron chi connectivity index (χ4n) is 2.93. The van der Waals surface area contributed by atoms with E-state index in [0.29, 0.717) is 5.13 Å². The Hall–Kier alpha value is -1.48. The molecule has 1 amide bonds. The van der Waals surface area contributed by atoms with Gasteiger partial charge >= 0.3 is 0 Å². The number of rotatable bonds is 6. The topological polar surface area (TPSA) is 85.6 Å². The van der Waals surface area contributed by atoms with E-state index < -0.39 is 0 Å². The summed E-state index contributed by atoms with van der Waals surface area (Å²) in [5, 5.41) is 21.2. The molecule has 2 aromatic rings. The first-order valence-electron chi connectivity index (χ1n) is 8.23. The molecule has 0 aromatic carbocycles. The SMILES string of the molecule is Cc1nnc(NC(=O)CSc2nnc(CC3CCCCC3)n2C)s1. The zero-order valence-corrected chi connectivity index (χ0v) is 15.6. The first-order valence-corrected chi connectivity index (χ1v) is 10.0. The third-order valence-corrected chi connectivity index (χ3v) is 6.00. The second-order valence-electron chi connectivity index (χ2n) is 6.13. The highest BCUT2D eigenvalue weighted by Gasteiger charge is 2.18. The highest BCUT2D eigenvalue weighted by atomic mass is 32.2. The van der Waals surface area contributed by atoms with E-state index in [1.54, 1.807) is 0 Å². The molecule has 0 atom stereocenters. The number of aromatic nitrogens is 5. The van der Waals surface area contributed by atoms with Crippen LogP contribution in [0.5, 0.6) is 0 Å². The number of thioether (sulfide) groups is 1. The number of aryl methyl sites for hydroxylation is 1. The molecule has 0 saturated heterocycles. The number of hydrogen-bond acceptors (Lipinski definition) is 7. The lowest BCUT2D eigenvalue weighted by Crippen LogP contribution is -2.15. The van der Waals surface area contributed by atoms with Crippen LogP contribution in [-0.2, 0) is 18.3 Å². The molecule has 1 saturated carbocycles. The van der Waals surface area contributed by atoms with Crippen molar-refractivity contribution in [3.8, 4) is 0 Å². The number of carbonyl (C=O) groups is 1. The van der Waals surface area contributed by atoms with Gasteiger partial charge in [-0.05, 0) is 12.8 Å². The van der Waals surface area contributed by atoms with Gasteiger partial charge in [-0.3, -0.25) is 10.1 Å². The van der Waals surface area contributed by atoms with Gasteiger partial charge in [0.05, 0.1) is 5.75 Å². The van der Waals surface area contributed by atoms with Crippen LogP contribution in [-0.4, -0.2) is 36.6 Å². The predicted octanol–water partition coefficient (Wildman–Crippen LogP) is 2.83. The molecule has 0 aliphatic heterocycles. The average molecular weight is 367 g/mol. The average Bonchev–Trinajstić information content (AvgIpc) is 3.13. The van der Waals surface area contributed by atoms with Crippen molar-refractivity contribution < 1.29 is 4.79 Å². The lowest BCUT2D eigenvalue weighted by atomic mass is 9.87. The molecule has 7 nitrogen and oxygen atoms in total. The second kappa shape index (κ2) is 8.06. The molecule has 0 bridgehead atoms. The third kappa shape index (κ3) is 4.54. The van der Waals surface area contributed by atoms with Crippen LogP contribution in [0, 0.1) is 12.8 Å². The van der Waals surface area contributed by atoms with E-state index >= 15 is 0 Å². The van der Waals surface area contributed by atoms with Gasteiger partial charge in [0.1, 0.15) is 10.8 Å². The lowest BCUT2D eigenvalue weighted by Gasteiger charge is -2.20. The summed E-state index contributed by atoms with van der Waals surface area (Å²) in [6, 6.07) is 0. The molecule has 0 spiro atoms. The molecule has 0 unspecified atom stereocenters. The molecular formula is C15H22N6OS2. The monoisotopic (exact) mass is 366 g/mol. The van der Waals surface area contributed by atoms with E-state index in [1.807, 2.05) is 18.5 Å². The molecule has 1 fully saturated rings. The molecule has 9 heteroatoms. The van der Waals surface area contributed by atoms with Gasteiger partial charge < -0.3 is 4.57 Å². The number of amides is 1. The zero-order chi connectivity index (χ0) is 16.9. The van der Waals surface area contributed by atoms with Crippen LogP contribution in [0.4, 0.5) is 5.13 Å². The molecule has 1 N–H and O–H groups in total. The normalized spacial score (nSPS) is 15.6. The number of carbonyl (C=O) groups excluding carboxylic acids is 1. The van der Waals surface area contributed by atoms with E-state index in [1.165, 1.54) is 55.2 Å². The van der Waals surface area contributed by atoms with Crippen LogP contribution >= 0.6 is 23.1 Å². The maximum atomic E-state index is 12.0. The Bertz CT molecular complexity index is 692. The smallest absolute Gasteiger partial charge is 0.236 e. The van der Waals surface area contributed by atoms with Gasteiger partial charge in [0.15, 0.2) is 5.16 Å². The quantitative estimate of drug-likeness (QED) is 0.791. The first kappa shape index (κ1) is 17.3. The van der Waals surface area contributed by atoms with Gasteiger partial charge in [-0.1, -0.05) is 55.2 Å². The van der Waals surface area contributed by atoms with Gasteiger partial charge in [-0.25, -0.2) is 0 Å². The van der Waals surface area contributed by atoms with Crippen LogP contribution in [0.3, 0.4) is 0 Å². The Kier molecular flexibility index (Phi) is 5.83. The standard InChI is InChI=1S/C15H22N6OS2/c1-10-17-19-14(24-10)16-13(22)9-23-15-20-18-12(21(15)2)8-11-6-4-3-5-7-11/h11H,3-9H2,1-2H3,(H,16,19,22). The van der Waals surface area contributed by atoms with Crippen molar-refractivity contribution in [1.29, 1.82) is 0 Å². The van der Waals surface area contributed by atoms with Gasteiger partial charge in [0, 0.05) is 13.5 Å². The zero-order valence-electron chi connectivity index (χ0n) is 14.0. The Morgan fingerprint density at radius 1 is 1.25 bits per heavy atom. The van der Waals surface area contributed by atoms with Crippen molar-refractivity contribution in [3.05, 3.63) is 10.8 Å². The van der Waals surface area contributed by atoms with E-state index in [-0.39, 0.29) is 11.7 Å². The molecule has 0 radical (unpaired) electrons. The van der Waals surface area contributed by atoms with Gasteiger partial charge in [-0.2, -0.15) is 0 Å². The Balaban J connectivity index is 1.51. The van der Waals surface area contributed by atoms with Crippen molar-refractivity contribution in [1.82, 2.24) is 25.0 Å². The fourth-order valence-corrected chi connectivity index (χ4v) is 4.27. The van der Waals surface area contributed by atoms with Crippen molar-refractivity contribution in [2.24, 2.45) is 13.0 Å². The number of nitrogens with zero attached hydrogens (tertiary/aromatic N) is 5. The first-order chi connectivity index (χ1) is 11.6. The molecule has 2 aromatic heterocycles. The Morgan fingerprint density at radius 2 is 2.04 bits per heavy atom. The van der Waals surface area contributed by atoms with Gasteiger partial charge in [0.25, 0.3) is 0 Å². The van der Waals surface area contributed by atoms with Crippen molar-refractivity contribution in [2.45, 2.75) is 50.6 Å². The lowest BCUT2D eigenvalue weighted by molar-refractivity contribution is -0.113. The van der Waals surface area contributed by atoms with Gasteiger partial charge in [0.2, 0.25) is 11.0 Å². The van der Waals surface area contributed by atoms with E-state index in [4.69, 9.17) is 0 Å². The van der Waals surface area contributed by atoms with Crippen molar-refractivity contribution in [2.75, 3.05) is 11.1 Å². The van der Waals surface area contributed by atoms with E-state index in [0.717, 1.165) is 28.3 Å². The summed E-state index contributed by atoms with van der Waals surface area (Å²) in [6.07, 6.45) is 7.59. The summed E-state index contributed by atoms with van der Waals surface area (Å²) < 4.78 is 2.02. The molecule has 2 heterocycles. The van der Waals surface area contributed by atoms with Crippen molar-refractivity contribution in [3.63, 3.8) is 0 Å². The molecule has 1 aliphatic carbocycles. The fraction of sp³-hybridized carbons (Fsp3) is 0.667. The van der Waals surface area contributed by atoms with E-state index in [9.17, 15) is 4.79 Å². The maximum Gasteiger partial charge on any atom is 0.236 e. The third-order valence-electron chi connectivity index (χ3n) is 4.23. The second-order valence-corrected chi connectivity index (χ2v) is 8.25. The molecule has 130 valence electrons. The van der Waals surface area contributed by atoms with Crippen LogP contribution in [0.2, 0.25) is 0 Å². The number of nitrogens with one attached hydrogen (secondary N) is 1. The molecule has 1 aliphatic rings. The Labute approximate surface area is 149 Å². The number of anilines is 1. The summed E-state index contributed by atoms with van der Waals surface area (Å²) in [5.74, 6) is 1.93. The van der Waals surface area contributed by atoms with Crippen LogP contribution in [0.15, 0.2) is 5.16 Å². The van der Waals surface area contributed by atoms with Crippen LogP contribution in [0.1, 0.15) is 42.9 Å². The van der Waals surface area contributed by atoms with Crippen LogP contribution in [0.25, 0.3) is 0 Å². The largest absolute Gasteiger partial charge is 0.309 e. The summed E-state index contributed by atoms with van der Waals surface area (Å²) >= 11 is 2.77. The van der Waals surface area contributed by atoms with Crippen molar-refractivity contribution >= 4 is 34.1 Å². The summed E-state index contributed by atoms with van der Waals surface area (Å²) in [5.41, 5.74) is 0. The summed E-state index contributed by atoms with van der Waals surface area (Å²) in [4.78, 5) is 12.0. The van der Waals surface area contributed by atoms with Crippen LogP contribution < -0.4 is 5.32 Å². The Morgan fingerprint density at radius 3 is 2.75 bits per heavy atom. The molecule has 24 heavy (non-hydrogen) atoms. The number of hydrogen-bond donors (Lipinski definition) is 1. The summed E-state index contributed by atoms with van der Waals surface area (Å²) in [6.45, 7) is 1.86. The van der Waals surface area contributed by atoms with E-state index in [2.05, 4.69) is 25.7 Å². The predicted molar refractivity (Wildman–Crippen MR) is 95.3 cm³/mol. The summed E-state index contributed by atoms with van der Waals surface area (Å²) in [7, 11) is 1.98. The minimum Gasteiger partial charge on any atom is -0.309 e. The highest BCUT2D eigenvalue weighted by Crippen LogP contribution is 2.27. The highest BCUT2D eigenvalue weighted by molar-refractivity contribution is 7.99. The van der Waals surface area contributed by atoms with Gasteiger partial charge in [-0.15, -0.1) is 20.4 Å². The maximum absolute atomic E-state index is 12.0. The molecule has 3 rings (SSSR count). The minimum atomic E-state index is -0.104. The minimum absolute atomic E-state index is 0.104. The molecular weight excluding hydrogens is 344 g/mol.